The lowest BCUT2D eigenvalue weighted by Crippen LogP contribution is -2.36. The Morgan fingerprint density at radius 1 is 1.29 bits per heavy atom. The SMILES string of the molecule is CCCNCC(C)(O)c1cscc1C(F)(F)F. The van der Waals surface area contributed by atoms with E-state index in [1.807, 2.05) is 6.92 Å². The maximum absolute atomic E-state index is 12.7. The standard InChI is InChI=1S/C11H16F3NOS/c1-3-4-15-7-10(2,16)8-5-17-6-9(8)11(12,13)14/h5-6,15-16H,3-4,7H2,1-2H3. The maximum Gasteiger partial charge on any atom is 0.417 e. The van der Waals surface area contributed by atoms with Gasteiger partial charge in [0.25, 0.3) is 0 Å². The van der Waals surface area contributed by atoms with Crippen LogP contribution in [0.1, 0.15) is 31.4 Å². The molecule has 0 saturated carbocycles. The summed E-state index contributed by atoms with van der Waals surface area (Å²) < 4.78 is 38.0. The third-order valence-corrected chi connectivity index (χ3v) is 3.19. The van der Waals surface area contributed by atoms with Crippen molar-refractivity contribution in [2.75, 3.05) is 13.1 Å². The molecule has 0 aliphatic rings. The molecule has 1 aromatic rings. The minimum absolute atomic E-state index is 0.0568. The second kappa shape index (κ2) is 5.37. The molecule has 0 aliphatic heterocycles. The Bertz CT molecular complexity index is 360. The van der Waals surface area contributed by atoms with Gasteiger partial charge in [0.1, 0.15) is 5.60 Å². The summed E-state index contributed by atoms with van der Waals surface area (Å²) in [4.78, 5) is 0. The van der Waals surface area contributed by atoms with Gasteiger partial charge in [0.15, 0.2) is 0 Å². The Morgan fingerprint density at radius 2 is 1.88 bits per heavy atom. The van der Waals surface area contributed by atoms with Crippen molar-refractivity contribution in [3.63, 3.8) is 0 Å². The zero-order valence-electron chi connectivity index (χ0n) is 9.77. The summed E-state index contributed by atoms with van der Waals surface area (Å²) >= 11 is 0.951. The average molecular weight is 267 g/mol. The lowest BCUT2D eigenvalue weighted by Gasteiger charge is -2.25. The molecular weight excluding hydrogens is 251 g/mol. The van der Waals surface area contributed by atoms with Crippen molar-refractivity contribution in [3.05, 3.63) is 21.9 Å². The van der Waals surface area contributed by atoms with E-state index in [-0.39, 0.29) is 12.1 Å². The van der Waals surface area contributed by atoms with Gasteiger partial charge < -0.3 is 10.4 Å². The highest BCUT2D eigenvalue weighted by atomic mass is 32.1. The van der Waals surface area contributed by atoms with E-state index in [0.29, 0.717) is 6.54 Å². The highest BCUT2D eigenvalue weighted by Gasteiger charge is 2.39. The van der Waals surface area contributed by atoms with Crippen LogP contribution in [0.15, 0.2) is 10.8 Å². The summed E-state index contributed by atoms with van der Waals surface area (Å²) in [5.74, 6) is 0. The summed E-state index contributed by atoms with van der Waals surface area (Å²) in [5.41, 5.74) is -2.30. The minimum Gasteiger partial charge on any atom is -0.384 e. The Labute approximate surface area is 102 Å². The van der Waals surface area contributed by atoms with E-state index in [2.05, 4.69) is 5.32 Å². The van der Waals surface area contributed by atoms with Gasteiger partial charge in [0.2, 0.25) is 0 Å². The van der Waals surface area contributed by atoms with E-state index < -0.39 is 17.3 Å². The average Bonchev–Trinajstić information content (AvgIpc) is 2.66. The van der Waals surface area contributed by atoms with Crippen LogP contribution in [0.3, 0.4) is 0 Å². The molecule has 0 fully saturated rings. The van der Waals surface area contributed by atoms with Crippen LogP contribution in [0.25, 0.3) is 0 Å². The lowest BCUT2D eigenvalue weighted by molar-refractivity contribution is -0.140. The topological polar surface area (TPSA) is 32.3 Å². The normalized spacial score (nSPS) is 15.9. The molecule has 2 N–H and O–H groups in total. The van der Waals surface area contributed by atoms with Crippen LogP contribution in [0, 0.1) is 0 Å². The summed E-state index contributed by atoms with van der Waals surface area (Å²) in [6.45, 7) is 4.13. The molecule has 0 radical (unpaired) electrons. The highest BCUT2D eigenvalue weighted by Crippen LogP contribution is 2.38. The molecule has 0 aliphatic carbocycles. The van der Waals surface area contributed by atoms with Gasteiger partial charge in [0.05, 0.1) is 5.56 Å². The lowest BCUT2D eigenvalue weighted by atomic mass is 9.95. The van der Waals surface area contributed by atoms with Crippen molar-refractivity contribution < 1.29 is 18.3 Å². The number of thiophene rings is 1. The van der Waals surface area contributed by atoms with Gasteiger partial charge in [-0.05, 0) is 25.3 Å². The molecule has 0 saturated heterocycles. The van der Waals surface area contributed by atoms with E-state index in [0.717, 1.165) is 23.1 Å². The fourth-order valence-electron chi connectivity index (χ4n) is 1.54. The van der Waals surface area contributed by atoms with Gasteiger partial charge in [-0.3, -0.25) is 0 Å². The zero-order valence-corrected chi connectivity index (χ0v) is 10.6. The second-order valence-electron chi connectivity index (χ2n) is 4.15. The number of nitrogens with one attached hydrogen (secondary N) is 1. The van der Waals surface area contributed by atoms with Crippen LogP contribution < -0.4 is 5.32 Å². The molecule has 1 rings (SSSR count). The predicted molar refractivity (Wildman–Crippen MR) is 62.1 cm³/mol. The smallest absolute Gasteiger partial charge is 0.384 e. The molecule has 1 atom stereocenters. The zero-order chi connectivity index (χ0) is 13.1. The van der Waals surface area contributed by atoms with Gasteiger partial charge in [-0.1, -0.05) is 6.92 Å². The fourth-order valence-corrected chi connectivity index (χ4v) is 2.52. The van der Waals surface area contributed by atoms with E-state index in [1.165, 1.54) is 12.3 Å². The number of aliphatic hydroxyl groups is 1. The highest BCUT2D eigenvalue weighted by molar-refractivity contribution is 7.08. The molecule has 1 unspecified atom stereocenters. The first kappa shape index (κ1) is 14.5. The molecular formula is C11H16F3NOS. The van der Waals surface area contributed by atoms with Crippen LogP contribution in [0.4, 0.5) is 13.2 Å². The molecule has 0 amide bonds. The fraction of sp³-hybridized carbons (Fsp3) is 0.636. The molecule has 17 heavy (non-hydrogen) atoms. The molecule has 1 heterocycles. The third-order valence-electron chi connectivity index (χ3n) is 2.44. The first-order chi connectivity index (χ1) is 7.79. The molecule has 1 aromatic heterocycles. The van der Waals surface area contributed by atoms with Gasteiger partial charge in [-0.2, -0.15) is 24.5 Å². The summed E-state index contributed by atoms with van der Waals surface area (Å²) in [6, 6.07) is 0. The third kappa shape index (κ3) is 3.69. The van der Waals surface area contributed by atoms with Crippen LogP contribution in [0.2, 0.25) is 0 Å². The summed E-state index contributed by atoms with van der Waals surface area (Å²) in [5, 5.41) is 15.4. The Kier molecular flexibility index (Phi) is 4.57. The summed E-state index contributed by atoms with van der Waals surface area (Å²) in [7, 11) is 0. The molecule has 6 heteroatoms. The molecule has 2 nitrogen and oxygen atoms in total. The first-order valence-corrected chi connectivity index (χ1v) is 6.30. The largest absolute Gasteiger partial charge is 0.417 e. The maximum atomic E-state index is 12.7. The summed E-state index contributed by atoms with van der Waals surface area (Å²) in [6.07, 6.45) is -3.55. The van der Waals surface area contributed by atoms with Crippen LogP contribution in [-0.2, 0) is 11.8 Å². The van der Waals surface area contributed by atoms with Crippen LogP contribution >= 0.6 is 11.3 Å². The van der Waals surface area contributed by atoms with Gasteiger partial charge in [-0.25, -0.2) is 0 Å². The van der Waals surface area contributed by atoms with Crippen molar-refractivity contribution in [1.82, 2.24) is 5.32 Å². The van der Waals surface area contributed by atoms with Crippen molar-refractivity contribution >= 4 is 11.3 Å². The van der Waals surface area contributed by atoms with Crippen molar-refractivity contribution in [2.45, 2.75) is 32.0 Å². The van der Waals surface area contributed by atoms with Crippen molar-refractivity contribution in [1.29, 1.82) is 0 Å². The van der Waals surface area contributed by atoms with Crippen LogP contribution in [0.5, 0.6) is 0 Å². The number of hydrogen-bond donors (Lipinski definition) is 2. The monoisotopic (exact) mass is 267 g/mol. The Hall–Kier alpha value is -0.590. The second-order valence-corrected chi connectivity index (χ2v) is 4.89. The molecule has 98 valence electrons. The number of hydrogen-bond acceptors (Lipinski definition) is 3. The quantitative estimate of drug-likeness (QED) is 0.804. The van der Waals surface area contributed by atoms with E-state index in [9.17, 15) is 18.3 Å². The minimum atomic E-state index is -4.41. The number of halogens is 3. The molecule has 0 spiro atoms. The van der Waals surface area contributed by atoms with Crippen molar-refractivity contribution in [3.8, 4) is 0 Å². The van der Waals surface area contributed by atoms with Crippen LogP contribution in [-0.4, -0.2) is 18.2 Å². The van der Waals surface area contributed by atoms with Crippen molar-refractivity contribution in [2.24, 2.45) is 0 Å². The van der Waals surface area contributed by atoms with Gasteiger partial charge in [0, 0.05) is 17.5 Å². The first-order valence-electron chi connectivity index (χ1n) is 5.36. The van der Waals surface area contributed by atoms with E-state index in [1.54, 1.807) is 0 Å². The number of alkyl halides is 3. The molecule has 0 bridgehead atoms. The van der Waals surface area contributed by atoms with Gasteiger partial charge >= 0.3 is 6.18 Å². The van der Waals surface area contributed by atoms with E-state index >= 15 is 0 Å². The molecule has 0 aromatic carbocycles. The van der Waals surface area contributed by atoms with E-state index in [4.69, 9.17) is 0 Å². The number of rotatable bonds is 5. The Balaban J connectivity index is 2.87. The Morgan fingerprint density at radius 3 is 2.41 bits per heavy atom. The van der Waals surface area contributed by atoms with Gasteiger partial charge in [-0.15, -0.1) is 0 Å². The predicted octanol–water partition coefficient (Wildman–Crippen LogP) is 2.97.